The minimum absolute atomic E-state index is 0.0673. The summed E-state index contributed by atoms with van der Waals surface area (Å²) in [5.41, 5.74) is -2.45. The van der Waals surface area contributed by atoms with Crippen LogP contribution in [0.1, 0.15) is 41.3 Å². The maximum absolute atomic E-state index is 14.2. The SMILES string of the molecule is CCC(C(=O)c1cc(OC)c(OC)c(OC)c1)(C1(c2ccc(C(F)(F)F)cc2)CCNC1)S(=O)(=O)O. The number of carbonyl (C=O) groups excluding carboxylic acids is 1. The van der Waals surface area contributed by atoms with Crippen LogP contribution >= 0.6 is 0 Å². The molecule has 1 fully saturated rings. The van der Waals surface area contributed by atoms with Crippen molar-refractivity contribution < 1.29 is 45.1 Å². The van der Waals surface area contributed by atoms with E-state index < -0.39 is 37.8 Å². The molecule has 1 saturated heterocycles. The molecule has 1 aliphatic rings. The molecule has 2 N–H and O–H groups in total. The predicted molar refractivity (Wildman–Crippen MR) is 126 cm³/mol. The summed E-state index contributed by atoms with van der Waals surface area (Å²) in [6, 6.07) is 6.55. The van der Waals surface area contributed by atoms with Gasteiger partial charge in [0.15, 0.2) is 22.0 Å². The van der Waals surface area contributed by atoms with E-state index in [4.69, 9.17) is 14.2 Å². The molecule has 1 aliphatic heterocycles. The molecular formula is C24H28F3NO7S. The number of carbonyl (C=O) groups is 1. The number of benzene rings is 2. The molecule has 1 heterocycles. The van der Waals surface area contributed by atoms with Gasteiger partial charge in [-0.1, -0.05) is 19.1 Å². The van der Waals surface area contributed by atoms with E-state index in [1.807, 2.05) is 0 Å². The number of methoxy groups -OCH3 is 3. The molecular weight excluding hydrogens is 503 g/mol. The molecule has 2 aromatic rings. The van der Waals surface area contributed by atoms with Crippen LogP contribution < -0.4 is 19.5 Å². The van der Waals surface area contributed by atoms with Gasteiger partial charge >= 0.3 is 6.18 Å². The molecule has 2 atom stereocenters. The molecule has 2 aromatic carbocycles. The Morgan fingerprint density at radius 2 is 1.61 bits per heavy atom. The van der Waals surface area contributed by atoms with Crippen molar-refractivity contribution in [2.45, 2.75) is 36.1 Å². The summed E-state index contributed by atoms with van der Waals surface area (Å²) in [6.45, 7) is 1.65. The summed E-state index contributed by atoms with van der Waals surface area (Å²) in [5, 5.41) is 3.02. The maximum atomic E-state index is 14.2. The number of halogens is 3. The lowest BCUT2D eigenvalue weighted by Crippen LogP contribution is -2.62. The van der Waals surface area contributed by atoms with Crippen LogP contribution in [0, 0.1) is 0 Å². The van der Waals surface area contributed by atoms with E-state index in [1.54, 1.807) is 0 Å². The van der Waals surface area contributed by atoms with E-state index in [0.717, 1.165) is 24.3 Å². The smallest absolute Gasteiger partial charge is 0.416 e. The van der Waals surface area contributed by atoms with Crippen LogP contribution in [0.2, 0.25) is 0 Å². The molecule has 0 amide bonds. The second-order valence-corrected chi connectivity index (χ2v) is 10.1. The quantitative estimate of drug-likeness (QED) is 0.371. The number of ketones is 1. The monoisotopic (exact) mass is 531 g/mol. The van der Waals surface area contributed by atoms with Crippen molar-refractivity contribution >= 4 is 15.9 Å². The highest BCUT2D eigenvalue weighted by atomic mass is 32.2. The van der Waals surface area contributed by atoms with Crippen LogP contribution in [-0.4, -0.2) is 57.9 Å². The number of nitrogens with one attached hydrogen (secondary N) is 1. The van der Waals surface area contributed by atoms with Crippen molar-refractivity contribution in [1.82, 2.24) is 5.32 Å². The van der Waals surface area contributed by atoms with E-state index in [9.17, 15) is 30.9 Å². The zero-order chi connectivity index (χ0) is 26.9. The molecule has 0 bridgehead atoms. The number of ether oxygens (including phenoxy) is 3. The molecule has 198 valence electrons. The topological polar surface area (TPSA) is 111 Å². The number of hydrogen-bond acceptors (Lipinski definition) is 7. The normalized spacial score (nSPS) is 20.0. The number of Topliss-reactive ketones (excluding diaryl/α,β-unsaturated/α-hetero) is 1. The summed E-state index contributed by atoms with van der Waals surface area (Å²) in [6.07, 6.45) is -4.89. The van der Waals surface area contributed by atoms with Gasteiger partial charge < -0.3 is 19.5 Å². The van der Waals surface area contributed by atoms with Crippen molar-refractivity contribution in [2.75, 3.05) is 34.4 Å². The summed E-state index contributed by atoms with van der Waals surface area (Å²) in [5.74, 6) is -0.594. The maximum Gasteiger partial charge on any atom is 0.416 e. The van der Waals surface area contributed by atoms with Crippen molar-refractivity contribution in [3.8, 4) is 17.2 Å². The lowest BCUT2D eigenvalue weighted by molar-refractivity contribution is -0.137. The predicted octanol–water partition coefficient (Wildman–Crippen LogP) is 3.88. The zero-order valence-electron chi connectivity index (χ0n) is 20.2. The molecule has 0 saturated carbocycles. The van der Waals surface area contributed by atoms with Gasteiger partial charge in [-0.3, -0.25) is 9.35 Å². The van der Waals surface area contributed by atoms with Crippen LogP contribution in [0.4, 0.5) is 13.2 Å². The lowest BCUT2D eigenvalue weighted by Gasteiger charge is -2.45. The molecule has 0 spiro atoms. The summed E-state index contributed by atoms with van der Waals surface area (Å²) in [4.78, 5) is 14.2. The Morgan fingerprint density at radius 1 is 1.06 bits per heavy atom. The van der Waals surface area contributed by atoms with Crippen molar-refractivity contribution in [1.29, 1.82) is 0 Å². The number of alkyl halides is 3. The molecule has 8 nitrogen and oxygen atoms in total. The van der Waals surface area contributed by atoms with Crippen LogP contribution in [0.25, 0.3) is 0 Å². The third-order valence-corrected chi connectivity index (χ3v) is 8.67. The molecule has 0 aliphatic carbocycles. The fourth-order valence-electron chi connectivity index (χ4n) is 5.20. The fraction of sp³-hybridized carbons (Fsp3) is 0.458. The highest BCUT2D eigenvalue weighted by Crippen LogP contribution is 2.50. The molecule has 0 aromatic heterocycles. The number of hydrogen-bond donors (Lipinski definition) is 2. The van der Waals surface area contributed by atoms with Gasteiger partial charge in [-0.25, -0.2) is 0 Å². The van der Waals surface area contributed by atoms with Crippen LogP contribution in [-0.2, 0) is 21.7 Å². The summed E-state index contributed by atoms with van der Waals surface area (Å²) in [7, 11) is -1.12. The van der Waals surface area contributed by atoms with E-state index in [1.165, 1.54) is 40.4 Å². The molecule has 3 rings (SSSR count). The Labute approximate surface area is 207 Å². The van der Waals surface area contributed by atoms with E-state index in [-0.39, 0.29) is 54.3 Å². The van der Waals surface area contributed by atoms with Gasteiger partial charge in [0.05, 0.1) is 26.9 Å². The first-order valence-electron chi connectivity index (χ1n) is 11.0. The highest BCUT2D eigenvalue weighted by molar-refractivity contribution is 7.88. The van der Waals surface area contributed by atoms with Crippen LogP contribution in [0.15, 0.2) is 36.4 Å². The second-order valence-electron chi connectivity index (χ2n) is 8.48. The number of rotatable bonds is 9. The highest BCUT2D eigenvalue weighted by Gasteiger charge is 2.65. The van der Waals surface area contributed by atoms with Crippen molar-refractivity contribution in [3.63, 3.8) is 0 Å². The van der Waals surface area contributed by atoms with Gasteiger partial charge in [0.1, 0.15) is 0 Å². The van der Waals surface area contributed by atoms with Crippen molar-refractivity contribution in [2.24, 2.45) is 0 Å². The van der Waals surface area contributed by atoms with Gasteiger partial charge in [-0.2, -0.15) is 21.6 Å². The Bertz CT molecular complexity index is 1200. The van der Waals surface area contributed by atoms with Crippen LogP contribution in [0.3, 0.4) is 0 Å². The third kappa shape index (κ3) is 4.31. The second kappa shape index (κ2) is 9.91. The largest absolute Gasteiger partial charge is 0.493 e. The average molecular weight is 532 g/mol. The standard InChI is InChI=1S/C24H28F3NO7S/c1-5-23(36(30,31)32,21(29)15-12-18(33-2)20(35-4)19(13-15)34-3)22(10-11-28-14-22)16-6-8-17(9-7-16)24(25,26)27/h6-9,12-13,28H,5,10-11,14H2,1-4H3,(H,30,31,32). The van der Waals surface area contributed by atoms with Gasteiger partial charge in [-0.15, -0.1) is 0 Å². The Kier molecular flexibility index (Phi) is 7.64. The Balaban J connectivity index is 2.32. The minimum atomic E-state index is -5.13. The minimum Gasteiger partial charge on any atom is -0.493 e. The van der Waals surface area contributed by atoms with Gasteiger partial charge in [0, 0.05) is 17.5 Å². The first kappa shape index (κ1) is 27.8. The van der Waals surface area contributed by atoms with Gasteiger partial charge in [0.2, 0.25) is 5.75 Å². The van der Waals surface area contributed by atoms with E-state index in [2.05, 4.69) is 5.32 Å². The van der Waals surface area contributed by atoms with Crippen LogP contribution in [0.5, 0.6) is 17.2 Å². The lowest BCUT2D eigenvalue weighted by atomic mass is 9.65. The van der Waals surface area contributed by atoms with Gasteiger partial charge in [-0.05, 0) is 49.2 Å². The third-order valence-electron chi connectivity index (χ3n) is 6.93. The first-order valence-corrected chi connectivity index (χ1v) is 12.5. The first-order chi connectivity index (χ1) is 16.8. The Morgan fingerprint density at radius 3 is 1.97 bits per heavy atom. The molecule has 2 unspecified atom stereocenters. The van der Waals surface area contributed by atoms with E-state index in [0.29, 0.717) is 0 Å². The van der Waals surface area contributed by atoms with Gasteiger partial charge in [0.25, 0.3) is 10.1 Å². The Hall–Kier alpha value is -2.83. The van der Waals surface area contributed by atoms with Crippen molar-refractivity contribution in [3.05, 3.63) is 53.1 Å². The molecule has 0 radical (unpaired) electrons. The summed E-state index contributed by atoms with van der Waals surface area (Å²) >= 11 is 0. The fourth-order valence-corrected chi connectivity index (χ4v) is 6.71. The zero-order valence-corrected chi connectivity index (χ0v) is 21.0. The summed E-state index contributed by atoms with van der Waals surface area (Å²) < 4.78 is 90.0. The van der Waals surface area contributed by atoms with E-state index >= 15 is 0 Å². The molecule has 12 heteroatoms. The average Bonchev–Trinajstić information content (AvgIpc) is 3.33. The molecule has 36 heavy (non-hydrogen) atoms.